The van der Waals surface area contributed by atoms with Gasteiger partial charge < -0.3 is 21.1 Å². The van der Waals surface area contributed by atoms with Gasteiger partial charge in [0.1, 0.15) is 11.9 Å². The number of benzene rings is 1. The molecule has 5 N–H and O–H groups in total. The molecule has 0 aliphatic heterocycles. The van der Waals surface area contributed by atoms with Gasteiger partial charge in [0.05, 0.1) is 13.0 Å². The summed E-state index contributed by atoms with van der Waals surface area (Å²) in [6.07, 6.45) is 5.05. The molecule has 8 nitrogen and oxygen atoms in total. The van der Waals surface area contributed by atoms with Crippen LogP contribution >= 0.6 is 0 Å². The second kappa shape index (κ2) is 10.5. The van der Waals surface area contributed by atoms with Crippen molar-refractivity contribution in [2.75, 3.05) is 11.9 Å². The molecule has 2 amide bonds. The minimum absolute atomic E-state index is 0.0447. The zero-order valence-corrected chi connectivity index (χ0v) is 14.5. The van der Waals surface area contributed by atoms with Gasteiger partial charge in [-0.05, 0) is 31.2 Å². The van der Waals surface area contributed by atoms with E-state index in [4.69, 9.17) is 22.3 Å². The van der Waals surface area contributed by atoms with Gasteiger partial charge in [-0.3, -0.25) is 19.8 Å². The molecule has 0 aromatic heterocycles. The first-order chi connectivity index (χ1) is 12.3. The van der Waals surface area contributed by atoms with Gasteiger partial charge in [-0.15, -0.1) is 6.42 Å². The van der Waals surface area contributed by atoms with E-state index in [0.29, 0.717) is 11.3 Å². The van der Waals surface area contributed by atoms with E-state index in [-0.39, 0.29) is 37.6 Å². The van der Waals surface area contributed by atoms with Crippen molar-refractivity contribution in [3.05, 3.63) is 29.8 Å². The Kier molecular flexibility index (Phi) is 8.37. The summed E-state index contributed by atoms with van der Waals surface area (Å²) in [6, 6.07) is 5.67. The number of nitrogens with one attached hydrogen (secondary N) is 3. The molecule has 0 fully saturated rings. The predicted octanol–water partition coefficient (Wildman–Crippen LogP) is 0.761. The standard InChI is InChI=1S/C18H22N4O4/c1-3-13(11-17(25)26-4-2)21-15(23)9-10-16(24)22-14-7-5-12(6-8-14)18(19)20/h1,5-8,13H,4,9-11H2,2H3,(H3,19,20)(H,21,23)(H,22,24)/t13-/m1/s1. The van der Waals surface area contributed by atoms with Crippen LogP contribution in [0.1, 0.15) is 31.7 Å². The number of rotatable bonds is 9. The van der Waals surface area contributed by atoms with Crippen LogP contribution in [0.2, 0.25) is 0 Å². The molecule has 1 aromatic carbocycles. The molecule has 26 heavy (non-hydrogen) atoms. The van der Waals surface area contributed by atoms with Crippen molar-refractivity contribution in [1.82, 2.24) is 5.32 Å². The van der Waals surface area contributed by atoms with Crippen molar-refractivity contribution in [2.24, 2.45) is 5.73 Å². The van der Waals surface area contributed by atoms with E-state index in [2.05, 4.69) is 16.6 Å². The smallest absolute Gasteiger partial charge is 0.308 e. The van der Waals surface area contributed by atoms with Crippen molar-refractivity contribution in [1.29, 1.82) is 5.41 Å². The zero-order valence-electron chi connectivity index (χ0n) is 14.5. The first-order valence-electron chi connectivity index (χ1n) is 8.01. The summed E-state index contributed by atoms with van der Waals surface area (Å²) in [5.41, 5.74) is 6.43. The Balaban J connectivity index is 2.41. The number of terminal acetylenes is 1. The van der Waals surface area contributed by atoms with Crippen LogP contribution in [-0.4, -0.2) is 36.3 Å². The van der Waals surface area contributed by atoms with Gasteiger partial charge >= 0.3 is 5.97 Å². The lowest BCUT2D eigenvalue weighted by molar-refractivity contribution is -0.143. The number of carbonyl (C=O) groups is 3. The number of esters is 1. The molecule has 0 bridgehead atoms. The average molecular weight is 358 g/mol. The third-order valence-electron chi connectivity index (χ3n) is 3.27. The molecular weight excluding hydrogens is 336 g/mol. The summed E-state index contributed by atoms with van der Waals surface area (Å²) in [7, 11) is 0. The average Bonchev–Trinajstić information content (AvgIpc) is 2.60. The number of amides is 2. The van der Waals surface area contributed by atoms with Crippen LogP contribution < -0.4 is 16.4 Å². The van der Waals surface area contributed by atoms with Gasteiger partial charge in [-0.2, -0.15) is 0 Å². The van der Waals surface area contributed by atoms with Crippen LogP contribution in [0.5, 0.6) is 0 Å². The highest BCUT2D eigenvalue weighted by atomic mass is 16.5. The maximum absolute atomic E-state index is 11.9. The van der Waals surface area contributed by atoms with Crippen molar-refractivity contribution in [2.45, 2.75) is 32.2 Å². The van der Waals surface area contributed by atoms with Crippen LogP contribution in [0.3, 0.4) is 0 Å². The lowest BCUT2D eigenvalue weighted by atomic mass is 10.2. The molecule has 0 unspecified atom stereocenters. The molecule has 138 valence electrons. The highest BCUT2D eigenvalue weighted by molar-refractivity contribution is 5.96. The molecular formula is C18H22N4O4. The molecule has 0 aliphatic rings. The van der Waals surface area contributed by atoms with Crippen LogP contribution in [0.15, 0.2) is 24.3 Å². The van der Waals surface area contributed by atoms with E-state index in [1.807, 2.05) is 0 Å². The number of anilines is 1. The molecule has 0 aliphatic carbocycles. The Morgan fingerprint density at radius 2 is 1.85 bits per heavy atom. The number of carbonyl (C=O) groups excluding carboxylic acids is 3. The summed E-state index contributed by atoms with van der Waals surface area (Å²) in [4.78, 5) is 35.1. The van der Waals surface area contributed by atoms with Gasteiger partial charge in [0.2, 0.25) is 11.8 Å². The molecule has 0 radical (unpaired) electrons. The molecule has 0 saturated carbocycles. The Morgan fingerprint density at radius 3 is 2.38 bits per heavy atom. The molecule has 1 rings (SSSR count). The first-order valence-corrected chi connectivity index (χ1v) is 8.01. The third-order valence-corrected chi connectivity index (χ3v) is 3.27. The third kappa shape index (κ3) is 7.49. The molecule has 1 atom stereocenters. The zero-order chi connectivity index (χ0) is 19.5. The first kappa shape index (κ1) is 20.7. The second-order valence-corrected chi connectivity index (χ2v) is 5.34. The number of amidine groups is 1. The molecule has 1 aromatic rings. The fraction of sp³-hybridized carbons (Fsp3) is 0.333. The van der Waals surface area contributed by atoms with Crippen molar-refractivity contribution >= 4 is 29.3 Å². The van der Waals surface area contributed by atoms with Gasteiger partial charge in [-0.25, -0.2) is 0 Å². The number of ether oxygens (including phenoxy) is 1. The quantitative estimate of drug-likeness (QED) is 0.224. The minimum Gasteiger partial charge on any atom is -0.466 e. The fourth-order valence-corrected chi connectivity index (χ4v) is 1.99. The molecule has 0 heterocycles. The second-order valence-electron chi connectivity index (χ2n) is 5.34. The summed E-state index contributed by atoms with van der Waals surface area (Å²) >= 11 is 0. The van der Waals surface area contributed by atoms with Crippen molar-refractivity contribution in [3.63, 3.8) is 0 Å². The Bertz CT molecular complexity index is 707. The summed E-state index contributed by atoms with van der Waals surface area (Å²) in [5, 5.41) is 12.4. The number of nitrogen functional groups attached to an aromatic ring is 1. The number of hydrogen-bond acceptors (Lipinski definition) is 5. The van der Waals surface area contributed by atoms with Gasteiger partial charge in [0, 0.05) is 24.1 Å². The van der Waals surface area contributed by atoms with Crippen molar-refractivity contribution in [3.8, 4) is 12.3 Å². The maximum atomic E-state index is 11.9. The minimum atomic E-state index is -0.774. The van der Waals surface area contributed by atoms with E-state index in [9.17, 15) is 14.4 Å². The van der Waals surface area contributed by atoms with Gasteiger partial charge in [-0.1, -0.05) is 5.92 Å². The summed E-state index contributed by atoms with van der Waals surface area (Å²) in [5.74, 6) is 0.961. The normalized spacial score (nSPS) is 10.9. The van der Waals surface area contributed by atoms with Crippen LogP contribution in [0.25, 0.3) is 0 Å². The Labute approximate surface area is 152 Å². The summed E-state index contributed by atoms with van der Waals surface area (Å²) in [6.45, 7) is 1.91. The van der Waals surface area contributed by atoms with E-state index < -0.39 is 17.9 Å². The molecule has 8 heteroatoms. The SMILES string of the molecule is C#C[C@H](CC(=O)OCC)NC(=O)CCC(=O)Nc1ccc(C(=N)N)cc1. The lowest BCUT2D eigenvalue weighted by Gasteiger charge is -2.12. The predicted molar refractivity (Wildman–Crippen MR) is 97.3 cm³/mol. The largest absolute Gasteiger partial charge is 0.466 e. The highest BCUT2D eigenvalue weighted by Crippen LogP contribution is 2.10. The molecule has 0 saturated heterocycles. The van der Waals surface area contributed by atoms with E-state index >= 15 is 0 Å². The van der Waals surface area contributed by atoms with Crippen LogP contribution in [-0.2, 0) is 19.1 Å². The van der Waals surface area contributed by atoms with Gasteiger partial charge in [0.25, 0.3) is 0 Å². The van der Waals surface area contributed by atoms with E-state index in [0.717, 1.165) is 0 Å². The molecule has 0 spiro atoms. The van der Waals surface area contributed by atoms with Crippen LogP contribution in [0, 0.1) is 17.8 Å². The van der Waals surface area contributed by atoms with Crippen molar-refractivity contribution < 1.29 is 19.1 Å². The Morgan fingerprint density at radius 1 is 1.23 bits per heavy atom. The summed E-state index contributed by atoms with van der Waals surface area (Å²) < 4.78 is 4.77. The van der Waals surface area contributed by atoms with E-state index in [1.54, 1.807) is 31.2 Å². The fourth-order valence-electron chi connectivity index (χ4n) is 1.99. The maximum Gasteiger partial charge on any atom is 0.308 e. The van der Waals surface area contributed by atoms with Crippen LogP contribution in [0.4, 0.5) is 5.69 Å². The Hall–Kier alpha value is -3.34. The lowest BCUT2D eigenvalue weighted by Crippen LogP contribution is -2.36. The number of nitrogens with two attached hydrogens (primary N) is 1. The topological polar surface area (TPSA) is 134 Å². The van der Waals surface area contributed by atoms with E-state index in [1.165, 1.54) is 0 Å². The highest BCUT2D eigenvalue weighted by Gasteiger charge is 2.15. The monoisotopic (exact) mass is 358 g/mol. The van der Waals surface area contributed by atoms with Gasteiger partial charge in [0.15, 0.2) is 0 Å². The number of hydrogen-bond donors (Lipinski definition) is 4.